The van der Waals surface area contributed by atoms with Gasteiger partial charge in [-0.1, -0.05) is 149 Å². The average molecular weight is 637 g/mol. The average Bonchev–Trinajstić information content (AvgIpc) is 3.74. The van der Waals surface area contributed by atoms with Crippen LogP contribution in [-0.4, -0.2) is 0 Å². The Bertz CT molecular complexity index is 1560. The zero-order valence-electron chi connectivity index (χ0n) is 29.0. The van der Waals surface area contributed by atoms with Crippen LogP contribution in [0, 0.1) is 0 Å². The van der Waals surface area contributed by atoms with Crippen LogP contribution in [0.4, 0.5) is 0 Å². The molecule has 2 aromatic heterocycles. The van der Waals surface area contributed by atoms with Gasteiger partial charge in [0.25, 0.3) is 0 Å². The molecule has 0 aliphatic heterocycles. The van der Waals surface area contributed by atoms with Gasteiger partial charge in [-0.25, -0.2) is 0 Å². The van der Waals surface area contributed by atoms with E-state index >= 15 is 0 Å². The topological polar surface area (TPSA) is 0 Å². The van der Waals surface area contributed by atoms with E-state index in [1.165, 1.54) is 132 Å². The Morgan fingerprint density at radius 2 is 0.956 bits per heavy atom. The molecule has 1 spiro atoms. The molecule has 0 amide bonds. The molecule has 1 fully saturated rings. The largest absolute Gasteiger partial charge is 0.139 e. The van der Waals surface area contributed by atoms with Crippen LogP contribution in [0.3, 0.4) is 0 Å². The lowest BCUT2D eigenvalue weighted by atomic mass is 9.69. The SMILES string of the molecule is CC(C)(C)c1ccc2c(c1)C1(CCCCCCCCCCCCCC1)c1cc(-c3ccc(-c4ccc(C(C)(C)C)s4)s3)ccc1-2. The maximum atomic E-state index is 2.63. The van der Waals surface area contributed by atoms with E-state index in [9.17, 15) is 0 Å². The van der Waals surface area contributed by atoms with E-state index in [1.54, 1.807) is 11.1 Å². The first-order chi connectivity index (χ1) is 21.6. The van der Waals surface area contributed by atoms with Gasteiger partial charge in [-0.2, -0.15) is 0 Å². The lowest BCUT2D eigenvalue weighted by Crippen LogP contribution is -2.26. The van der Waals surface area contributed by atoms with Gasteiger partial charge in [-0.15, -0.1) is 22.7 Å². The Morgan fingerprint density at radius 1 is 0.467 bits per heavy atom. The molecule has 6 rings (SSSR count). The lowest BCUT2D eigenvalue weighted by Gasteiger charge is -2.34. The van der Waals surface area contributed by atoms with Gasteiger partial charge >= 0.3 is 0 Å². The van der Waals surface area contributed by atoms with Crippen LogP contribution in [0.1, 0.15) is 153 Å². The van der Waals surface area contributed by atoms with Gasteiger partial charge in [-0.05, 0) is 87.4 Å². The molecule has 1 saturated carbocycles. The van der Waals surface area contributed by atoms with Crippen molar-refractivity contribution < 1.29 is 0 Å². The summed E-state index contributed by atoms with van der Waals surface area (Å²) < 4.78 is 0. The fraction of sp³-hybridized carbons (Fsp3) is 0.535. The Kier molecular flexibility index (Phi) is 9.85. The number of thiophene rings is 2. The zero-order valence-corrected chi connectivity index (χ0v) is 30.6. The van der Waals surface area contributed by atoms with Crippen molar-refractivity contribution in [3.05, 3.63) is 82.2 Å². The van der Waals surface area contributed by atoms with Crippen molar-refractivity contribution in [3.63, 3.8) is 0 Å². The maximum Gasteiger partial charge on any atom is 0.0449 e. The van der Waals surface area contributed by atoms with Crippen LogP contribution >= 0.6 is 22.7 Å². The number of hydrogen-bond acceptors (Lipinski definition) is 2. The van der Waals surface area contributed by atoms with Gasteiger partial charge in [0.2, 0.25) is 0 Å². The first kappa shape index (κ1) is 32.8. The molecule has 2 aromatic carbocycles. The summed E-state index contributed by atoms with van der Waals surface area (Å²) in [5, 5.41) is 0. The maximum absolute atomic E-state index is 2.63. The van der Waals surface area contributed by atoms with Crippen molar-refractivity contribution in [1.29, 1.82) is 0 Å². The number of fused-ring (bicyclic) bond motifs is 5. The van der Waals surface area contributed by atoms with Crippen molar-refractivity contribution in [1.82, 2.24) is 0 Å². The number of rotatable bonds is 2. The molecule has 2 heteroatoms. The highest BCUT2D eigenvalue weighted by Crippen LogP contribution is 2.56. The highest BCUT2D eigenvalue weighted by molar-refractivity contribution is 7.24. The molecule has 4 aromatic rings. The summed E-state index contributed by atoms with van der Waals surface area (Å²) in [6.45, 7) is 14.1. The predicted octanol–water partition coefficient (Wildman–Crippen LogP) is 14.5. The van der Waals surface area contributed by atoms with Gasteiger partial charge < -0.3 is 0 Å². The third kappa shape index (κ3) is 7.08. The fourth-order valence-corrected chi connectivity index (χ4v) is 10.1. The standard InChI is InChI=1S/C43H56S2/c1-41(2,3)32-20-22-34-33-21-19-31(37-23-24-38(44-37)39-25-26-40(45-39)42(4,5)6)29-35(33)43(36(34)30-32)27-17-15-13-11-9-7-8-10-12-14-16-18-28-43/h19-26,29-30H,7-18,27-28H2,1-6H3. The first-order valence-corrected chi connectivity index (χ1v) is 19.7. The molecule has 2 aliphatic carbocycles. The van der Waals surface area contributed by atoms with Gasteiger partial charge in [0.1, 0.15) is 0 Å². The third-order valence-electron chi connectivity index (χ3n) is 10.7. The van der Waals surface area contributed by atoms with Crippen LogP contribution in [-0.2, 0) is 16.2 Å². The van der Waals surface area contributed by atoms with Gasteiger partial charge in [0.15, 0.2) is 0 Å². The Labute approximate surface area is 282 Å². The van der Waals surface area contributed by atoms with Crippen LogP contribution in [0.5, 0.6) is 0 Å². The van der Waals surface area contributed by atoms with Crippen LogP contribution in [0.15, 0.2) is 60.7 Å². The van der Waals surface area contributed by atoms with Crippen molar-refractivity contribution in [2.45, 2.75) is 148 Å². The fourth-order valence-electron chi connectivity index (χ4n) is 7.90. The second-order valence-electron chi connectivity index (χ2n) is 16.2. The van der Waals surface area contributed by atoms with E-state index in [4.69, 9.17) is 0 Å². The second kappa shape index (κ2) is 13.5. The smallest absolute Gasteiger partial charge is 0.0449 e. The lowest BCUT2D eigenvalue weighted by molar-refractivity contribution is 0.399. The van der Waals surface area contributed by atoms with Gasteiger partial charge in [0, 0.05) is 24.9 Å². The van der Waals surface area contributed by atoms with Gasteiger partial charge in [0.05, 0.1) is 0 Å². The number of hydrogen-bond donors (Lipinski definition) is 0. The molecule has 0 atom stereocenters. The third-order valence-corrected chi connectivity index (χ3v) is 13.5. The van der Waals surface area contributed by atoms with Gasteiger partial charge in [-0.3, -0.25) is 0 Å². The van der Waals surface area contributed by atoms with Crippen LogP contribution in [0.2, 0.25) is 0 Å². The van der Waals surface area contributed by atoms with E-state index in [-0.39, 0.29) is 16.2 Å². The second-order valence-corrected chi connectivity index (χ2v) is 18.3. The van der Waals surface area contributed by atoms with Crippen molar-refractivity contribution in [3.8, 4) is 31.3 Å². The van der Waals surface area contributed by atoms with Crippen LogP contribution < -0.4 is 0 Å². The molecule has 0 unspecified atom stereocenters. The first-order valence-electron chi connectivity index (χ1n) is 18.1. The van der Waals surface area contributed by atoms with E-state index < -0.39 is 0 Å². The Morgan fingerprint density at radius 3 is 1.51 bits per heavy atom. The van der Waals surface area contributed by atoms with E-state index in [0.29, 0.717) is 0 Å². The Balaban J connectivity index is 1.40. The molecule has 45 heavy (non-hydrogen) atoms. The van der Waals surface area contributed by atoms with E-state index in [0.717, 1.165) is 0 Å². The molecule has 2 heterocycles. The minimum absolute atomic E-state index is 0.123. The summed E-state index contributed by atoms with van der Waals surface area (Å²) in [6.07, 6.45) is 19.4. The summed E-state index contributed by atoms with van der Waals surface area (Å²) in [4.78, 5) is 5.66. The summed E-state index contributed by atoms with van der Waals surface area (Å²) in [7, 11) is 0. The highest BCUT2D eigenvalue weighted by Gasteiger charge is 2.43. The minimum Gasteiger partial charge on any atom is -0.139 e. The number of benzene rings is 2. The van der Waals surface area contributed by atoms with E-state index in [2.05, 4.69) is 102 Å². The summed E-state index contributed by atoms with van der Waals surface area (Å²) >= 11 is 3.93. The molecule has 0 nitrogen and oxygen atoms in total. The summed E-state index contributed by atoms with van der Waals surface area (Å²) in [5.74, 6) is 0. The van der Waals surface area contributed by atoms with Crippen molar-refractivity contribution in [2.75, 3.05) is 0 Å². The quantitative estimate of drug-likeness (QED) is 0.205. The van der Waals surface area contributed by atoms with E-state index in [1.807, 2.05) is 22.7 Å². The predicted molar refractivity (Wildman–Crippen MR) is 201 cm³/mol. The van der Waals surface area contributed by atoms with Crippen molar-refractivity contribution >= 4 is 22.7 Å². The molecule has 0 N–H and O–H groups in total. The normalized spacial score (nSPS) is 18.3. The Hall–Kier alpha value is -2.16. The molecular weight excluding hydrogens is 581 g/mol. The van der Waals surface area contributed by atoms with Crippen LogP contribution in [0.25, 0.3) is 31.3 Å². The molecule has 240 valence electrons. The zero-order chi connectivity index (χ0) is 31.7. The molecule has 0 bridgehead atoms. The summed E-state index contributed by atoms with van der Waals surface area (Å²) in [6, 6.07) is 24.4. The molecular formula is C43H56S2. The summed E-state index contributed by atoms with van der Waals surface area (Å²) in [5.41, 5.74) is 9.60. The monoisotopic (exact) mass is 636 g/mol. The molecule has 2 aliphatic rings. The molecule has 0 radical (unpaired) electrons. The molecule has 0 saturated heterocycles. The van der Waals surface area contributed by atoms with Crippen molar-refractivity contribution in [2.24, 2.45) is 0 Å². The minimum atomic E-state index is 0.123. The highest BCUT2D eigenvalue weighted by atomic mass is 32.1.